The zero-order valence-corrected chi connectivity index (χ0v) is 26.8. The van der Waals surface area contributed by atoms with Crippen LogP contribution in [0.3, 0.4) is 0 Å². The third kappa shape index (κ3) is 8.19. The van der Waals surface area contributed by atoms with Crippen LogP contribution in [0.15, 0.2) is 47.6 Å². The number of carbonyl (C=O) groups excluding carboxylic acids is 2. The van der Waals surface area contributed by atoms with Gasteiger partial charge >= 0.3 is 5.97 Å². The summed E-state index contributed by atoms with van der Waals surface area (Å²) in [7, 11) is 5.34. The molecule has 0 bridgehead atoms. The zero-order valence-electron chi connectivity index (χ0n) is 26.0. The number of methoxy groups -OCH3 is 2. The molecule has 10 heteroatoms. The van der Waals surface area contributed by atoms with E-state index in [0.29, 0.717) is 31.0 Å². The molecule has 2 aromatic carbocycles. The molecule has 0 spiro atoms. The summed E-state index contributed by atoms with van der Waals surface area (Å²) >= 11 is 1.58. The van der Waals surface area contributed by atoms with Crippen LogP contribution in [-0.2, 0) is 21.7 Å². The Morgan fingerprint density at radius 1 is 1.02 bits per heavy atom. The largest absolute Gasteiger partial charge is 0.493 e. The van der Waals surface area contributed by atoms with Crippen LogP contribution >= 0.6 is 11.8 Å². The Kier molecular flexibility index (Phi) is 11.3. The molecule has 2 heterocycles. The van der Waals surface area contributed by atoms with Crippen molar-refractivity contribution in [2.24, 2.45) is 5.92 Å². The molecule has 4 rings (SSSR count). The molecule has 0 aliphatic carbocycles. The van der Waals surface area contributed by atoms with Gasteiger partial charge in [-0.3, -0.25) is 9.59 Å². The third-order valence-electron chi connectivity index (χ3n) is 7.79. The lowest BCUT2D eigenvalue weighted by atomic mass is 9.97. The van der Waals surface area contributed by atoms with Crippen LogP contribution in [0.25, 0.3) is 0 Å². The number of likely N-dealkylation sites (tertiary alicyclic amines) is 1. The summed E-state index contributed by atoms with van der Waals surface area (Å²) in [6.45, 7) is 8.07. The van der Waals surface area contributed by atoms with Gasteiger partial charge in [0, 0.05) is 49.3 Å². The first-order valence-corrected chi connectivity index (χ1v) is 15.7. The van der Waals surface area contributed by atoms with Crippen LogP contribution in [0.2, 0.25) is 0 Å². The summed E-state index contributed by atoms with van der Waals surface area (Å²) in [4.78, 5) is 38.9. The highest BCUT2D eigenvalue weighted by molar-refractivity contribution is 7.98. The summed E-state index contributed by atoms with van der Waals surface area (Å²) in [5.41, 5.74) is 4.87. The molecular weight excluding hydrogens is 564 g/mol. The molecular formula is C33H42N4O5S. The first kappa shape index (κ1) is 32.1. The van der Waals surface area contributed by atoms with Crippen LogP contribution in [0, 0.1) is 19.8 Å². The maximum Gasteiger partial charge on any atom is 0.310 e. The monoisotopic (exact) mass is 606 g/mol. The standard InChI is InChI=1S/C33H42N4O5S/c1-7-42-32(39)27-9-8-17-37(20-27)31(38)26-13-10-25(11-14-26)21-43-33-34-23(3)22(2)30(35-33)36(4)18-16-24-12-15-28(40-5)29(19-24)41-6/h10-15,19,27H,7-9,16-18,20-21H2,1-6H3. The molecule has 1 aliphatic heterocycles. The number of piperidine rings is 1. The number of hydrogen-bond donors (Lipinski definition) is 0. The van der Waals surface area contributed by atoms with Gasteiger partial charge in [0.25, 0.3) is 5.91 Å². The number of rotatable bonds is 12. The summed E-state index contributed by atoms with van der Waals surface area (Å²) in [6, 6.07) is 13.7. The predicted molar refractivity (Wildman–Crippen MR) is 169 cm³/mol. The molecule has 3 aromatic rings. The number of amides is 1. The van der Waals surface area contributed by atoms with Gasteiger partial charge in [-0.1, -0.05) is 30.0 Å². The maximum absolute atomic E-state index is 13.1. The number of benzene rings is 2. The average Bonchev–Trinajstić information content (AvgIpc) is 3.03. The first-order chi connectivity index (χ1) is 20.7. The minimum Gasteiger partial charge on any atom is -0.493 e. The number of esters is 1. The highest BCUT2D eigenvalue weighted by Crippen LogP contribution is 2.29. The van der Waals surface area contributed by atoms with E-state index in [1.807, 2.05) is 43.3 Å². The Hall–Kier alpha value is -3.79. The number of carbonyl (C=O) groups is 2. The van der Waals surface area contributed by atoms with Gasteiger partial charge in [-0.25, -0.2) is 9.97 Å². The number of likely N-dealkylation sites (N-methyl/N-ethyl adjacent to an activating group) is 1. The molecule has 0 saturated carbocycles. The minimum atomic E-state index is -0.249. The fourth-order valence-corrected chi connectivity index (χ4v) is 5.99. The van der Waals surface area contributed by atoms with Crippen molar-refractivity contribution in [3.05, 3.63) is 70.4 Å². The fourth-order valence-electron chi connectivity index (χ4n) is 5.15. The number of thioether (sulfide) groups is 1. The molecule has 1 saturated heterocycles. The molecule has 230 valence electrons. The molecule has 0 radical (unpaired) electrons. The van der Waals surface area contributed by atoms with Crippen LogP contribution in [0.5, 0.6) is 11.5 Å². The molecule has 1 fully saturated rings. The lowest BCUT2D eigenvalue weighted by Crippen LogP contribution is -2.42. The van der Waals surface area contributed by atoms with Gasteiger partial charge in [0.2, 0.25) is 0 Å². The number of hydrogen-bond acceptors (Lipinski definition) is 9. The minimum absolute atomic E-state index is 0.0496. The number of aryl methyl sites for hydroxylation is 1. The summed E-state index contributed by atoms with van der Waals surface area (Å²) in [6.07, 6.45) is 2.38. The van der Waals surface area contributed by atoms with Crippen molar-refractivity contribution in [2.45, 2.75) is 50.9 Å². The lowest BCUT2D eigenvalue weighted by Gasteiger charge is -2.31. The molecule has 0 N–H and O–H groups in total. The number of ether oxygens (including phenoxy) is 3. The maximum atomic E-state index is 13.1. The van der Waals surface area contributed by atoms with E-state index in [-0.39, 0.29) is 17.8 Å². The Balaban J connectivity index is 1.36. The lowest BCUT2D eigenvalue weighted by molar-refractivity contribution is -0.149. The van der Waals surface area contributed by atoms with Gasteiger partial charge < -0.3 is 24.0 Å². The molecule has 9 nitrogen and oxygen atoms in total. The molecule has 1 amide bonds. The number of anilines is 1. The second-order valence-corrected chi connectivity index (χ2v) is 11.7. The number of aromatic nitrogens is 2. The van der Waals surface area contributed by atoms with Crippen molar-refractivity contribution in [2.75, 3.05) is 52.4 Å². The Morgan fingerprint density at radius 2 is 1.74 bits per heavy atom. The highest BCUT2D eigenvalue weighted by atomic mass is 32.2. The Morgan fingerprint density at radius 3 is 2.44 bits per heavy atom. The van der Waals surface area contributed by atoms with E-state index in [1.165, 1.54) is 0 Å². The summed E-state index contributed by atoms with van der Waals surface area (Å²) < 4.78 is 16.0. The third-order valence-corrected chi connectivity index (χ3v) is 8.70. The molecule has 43 heavy (non-hydrogen) atoms. The average molecular weight is 607 g/mol. The summed E-state index contributed by atoms with van der Waals surface area (Å²) in [5, 5.41) is 0.717. The quantitative estimate of drug-likeness (QED) is 0.151. The molecule has 1 aromatic heterocycles. The van der Waals surface area contributed by atoms with E-state index in [9.17, 15) is 9.59 Å². The van der Waals surface area contributed by atoms with Gasteiger partial charge in [0.15, 0.2) is 16.7 Å². The van der Waals surface area contributed by atoms with Gasteiger partial charge in [-0.15, -0.1) is 0 Å². The van der Waals surface area contributed by atoms with Crippen LogP contribution in [0.1, 0.15) is 52.5 Å². The van der Waals surface area contributed by atoms with Gasteiger partial charge in [0.1, 0.15) is 5.82 Å². The molecule has 1 unspecified atom stereocenters. The first-order valence-electron chi connectivity index (χ1n) is 14.7. The van der Waals surface area contributed by atoms with Crippen LogP contribution < -0.4 is 14.4 Å². The Bertz CT molecular complexity index is 1420. The van der Waals surface area contributed by atoms with Gasteiger partial charge in [0.05, 0.1) is 26.7 Å². The van der Waals surface area contributed by atoms with Crippen molar-refractivity contribution < 1.29 is 23.8 Å². The van der Waals surface area contributed by atoms with Crippen LogP contribution in [-0.4, -0.2) is 74.3 Å². The Labute approximate surface area is 258 Å². The van der Waals surface area contributed by atoms with Crippen molar-refractivity contribution in [3.63, 3.8) is 0 Å². The number of nitrogens with zero attached hydrogens (tertiary/aromatic N) is 4. The second kappa shape index (κ2) is 15.1. The van der Waals surface area contributed by atoms with Crippen LogP contribution in [0.4, 0.5) is 5.82 Å². The van der Waals surface area contributed by atoms with Gasteiger partial charge in [-0.05, 0) is 75.4 Å². The SMILES string of the molecule is CCOC(=O)C1CCCN(C(=O)c2ccc(CSc3nc(C)c(C)c(N(C)CCc4ccc(OC)c(OC)c4)n3)cc2)C1. The van der Waals surface area contributed by atoms with E-state index in [4.69, 9.17) is 24.2 Å². The van der Waals surface area contributed by atoms with E-state index >= 15 is 0 Å². The second-order valence-electron chi connectivity index (χ2n) is 10.7. The van der Waals surface area contributed by atoms with E-state index in [2.05, 4.69) is 24.9 Å². The predicted octanol–water partition coefficient (Wildman–Crippen LogP) is 5.50. The highest BCUT2D eigenvalue weighted by Gasteiger charge is 2.29. The van der Waals surface area contributed by atoms with Crippen molar-refractivity contribution in [3.8, 4) is 11.5 Å². The van der Waals surface area contributed by atoms with Crippen molar-refractivity contribution in [1.82, 2.24) is 14.9 Å². The van der Waals surface area contributed by atoms with E-state index in [1.54, 1.807) is 37.8 Å². The molecule has 1 aliphatic rings. The van der Waals surface area contributed by atoms with Crippen molar-refractivity contribution >= 4 is 29.5 Å². The van der Waals surface area contributed by atoms with E-state index < -0.39 is 0 Å². The van der Waals surface area contributed by atoms with E-state index in [0.717, 1.165) is 70.7 Å². The normalized spacial score (nSPS) is 14.7. The van der Waals surface area contributed by atoms with Crippen molar-refractivity contribution in [1.29, 1.82) is 0 Å². The van der Waals surface area contributed by atoms with Gasteiger partial charge in [-0.2, -0.15) is 0 Å². The fraction of sp³-hybridized carbons (Fsp3) is 0.455. The molecule has 1 atom stereocenters. The summed E-state index contributed by atoms with van der Waals surface area (Å²) in [5.74, 6) is 2.53. The topological polar surface area (TPSA) is 94.1 Å². The smallest absolute Gasteiger partial charge is 0.310 e. The zero-order chi connectivity index (χ0) is 30.9.